The molecule has 0 heterocycles. The van der Waals surface area contributed by atoms with E-state index < -0.39 is 0 Å². The first-order valence-electron chi connectivity index (χ1n) is 6.86. The molecule has 3 rings (SSSR count). The van der Waals surface area contributed by atoms with Gasteiger partial charge in [0.05, 0.1) is 5.38 Å². The van der Waals surface area contributed by atoms with Gasteiger partial charge < -0.3 is 0 Å². The van der Waals surface area contributed by atoms with Gasteiger partial charge in [0.15, 0.2) is 0 Å². The fourth-order valence-corrected chi connectivity index (χ4v) is 3.78. The van der Waals surface area contributed by atoms with Crippen LogP contribution in [0.3, 0.4) is 0 Å². The fourth-order valence-electron chi connectivity index (χ4n) is 2.80. The van der Waals surface area contributed by atoms with E-state index in [9.17, 15) is 0 Å². The van der Waals surface area contributed by atoms with Crippen molar-refractivity contribution < 1.29 is 0 Å². The summed E-state index contributed by atoms with van der Waals surface area (Å²) in [4.78, 5) is 0. The summed E-state index contributed by atoms with van der Waals surface area (Å²) >= 11 is 16.4. The molecule has 20 heavy (non-hydrogen) atoms. The highest BCUT2D eigenvalue weighted by molar-refractivity contribution is 9.10. The summed E-state index contributed by atoms with van der Waals surface area (Å²) in [5, 5.41) is 0.512. The number of rotatable bonds is 2. The van der Waals surface area contributed by atoms with Crippen LogP contribution >= 0.6 is 39.1 Å². The molecule has 1 aliphatic rings. The van der Waals surface area contributed by atoms with Gasteiger partial charge in [-0.1, -0.05) is 45.7 Å². The Morgan fingerprint density at radius 1 is 0.950 bits per heavy atom. The summed E-state index contributed by atoms with van der Waals surface area (Å²) in [6.07, 6.45) is 4.94. The molecule has 0 bridgehead atoms. The van der Waals surface area contributed by atoms with Gasteiger partial charge in [-0.05, 0) is 66.1 Å². The zero-order chi connectivity index (χ0) is 14.1. The van der Waals surface area contributed by atoms with Crippen LogP contribution in [-0.2, 0) is 12.8 Å². The summed E-state index contributed by atoms with van der Waals surface area (Å²) in [7, 11) is 0. The van der Waals surface area contributed by atoms with Crippen molar-refractivity contribution in [3.63, 3.8) is 0 Å². The smallest absolute Gasteiger partial charge is 0.0850 e. The maximum atomic E-state index is 6.65. The summed E-state index contributed by atoms with van der Waals surface area (Å²) < 4.78 is 1.00. The van der Waals surface area contributed by atoms with Crippen LogP contribution in [0.25, 0.3) is 0 Å². The lowest BCUT2D eigenvalue weighted by Crippen LogP contribution is -2.04. The number of fused-ring (bicyclic) bond motifs is 1. The molecule has 1 unspecified atom stereocenters. The second kappa shape index (κ2) is 6.09. The predicted molar refractivity (Wildman–Crippen MR) is 89.9 cm³/mol. The highest BCUT2D eigenvalue weighted by Crippen LogP contribution is 2.36. The van der Waals surface area contributed by atoms with Crippen molar-refractivity contribution in [2.75, 3.05) is 0 Å². The molecule has 0 radical (unpaired) electrons. The topological polar surface area (TPSA) is 0 Å². The summed E-state index contributed by atoms with van der Waals surface area (Å²) in [5.41, 5.74) is 5.01. The monoisotopic (exact) mass is 368 g/mol. The Kier molecular flexibility index (Phi) is 4.40. The molecule has 0 aliphatic heterocycles. The Labute approximate surface area is 138 Å². The van der Waals surface area contributed by atoms with Gasteiger partial charge in [0, 0.05) is 9.50 Å². The van der Waals surface area contributed by atoms with E-state index in [0.717, 1.165) is 15.6 Å². The van der Waals surface area contributed by atoms with Crippen molar-refractivity contribution in [3.8, 4) is 0 Å². The maximum absolute atomic E-state index is 6.65. The second-order valence-electron chi connectivity index (χ2n) is 5.26. The largest absolute Gasteiger partial charge is 0.113 e. The van der Waals surface area contributed by atoms with Crippen molar-refractivity contribution in [2.24, 2.45) is 0 Å². The van der Waals surface area contributed by atoms with Gasteiger partial charge >= 0.3 is 0 Å². The molecule has 0 spiro atoms. The molecule has 0 saturated carbocycles. The molecule has 2 aromatic rings. The highest BCUT2D eigenvalue weighted by atomic mass is 79.9. The molecule has 0 N–H and O–H groups in total. The van der Waals surface area contributed by atoms with E-state index in [2.05, 4.69) is 34.1 Å². The zero-order valence-electron chi connectivity index (χ0n) is 11.0. The summed E-state index contributed by atoms with van der Waals surface area (Å²) in [6.45, 7) is 0. The van der Waals surface area contributed by atoms with Gasteiger partial charge in [0.1, 0.15) is 0 Å². The van der Waals surface area contributed by atoms with E-state index in [4.69, 9.17) is 23.2 Å². The molecule has 2 aromatic carbocycles. The van der Waals surface area contributed by atoms with E-state index in [0.29, 0.717) is 5.02 Å². The first kappa shape index (κ1) is 14.4. The van der Waals surface area contributed by atoms with Gasteiger partial charge in [-0.25, -0.2) is 0 Å². The maximum Gasteiger partial charge on any atom is 0.0850 e. The minimum Gasteiger partial charge on any atom is -0.113 e. The van der Waals surface area contributed by atoms with E-state index in [-0.39, 0.29) is 5.38 Å². The molecular weight excluding hydrogens is 355 g/mol. The van der Waals surface area contributed by atoms with Gasteiger partial charge in [-0.3, -0.25) is 0 Å². The Hall–Kier alpha value is -0.500. The van der Waals surface area contributed by atoms with Crippen LogP contribution in [-0.4, -0.2) is 0 Å². The quantitative estimate of drug-likeness (QED) is 0.544. The molecule has 0 aromatic heterocycles. The molecule has 0 amide bonds. The van der Waals surface area contributed by atoms with Crippen molar-refractivity contribution >= 4 is 39.1 Å². The molecule has 0 saturated heterocycles. The SMILES string of the molecule is Clc1ccc(Br)cc1C(Cl)c1ccc2c(c1)CCCC2. The molecule has 3 heteroatoms. The summed E-state index contributed by atoms with van der Waals surface area (Å²) in [6, 6.07) is 12.4. The van der Waals surface area contributed by atoms with Crippen LogP contribution in [0.2, 0.25) is 5.02 Å². The predicted octanol–water partition coefficient (Wildman–Crippen LogP) is 6.31. The number of halogens is 3. The average molecular weight is 370 g/mol. The molecule has 0 fully saturated rings. The highest BCUT2D eigenvalue weighted by Gasteiger charge is 2.17. The molecule has 104 valence electrons. The van der Waals surface area contributed by atoms with Gasteiger partial charge in [0.25, 0.3) is 0 Å². The minimum atomic E-state index is -0.202. The minimum absolute atomic E-state index is 0.202. The number of hydrogen-bond donors (Lipinski definition) is 0. The van der Waals surface area contributed by atoms with Crippen molar-refractivity contribution in [1.82, 2.24) is 0 Å². The third-order valence-corrected chi connectivity index (χ3v) is 5.22. The molecule has 1 aliphatic carbocycles. The fraction of sp³-hybridized carbons (Fsp3) is 0.294. The first-order valence-corrected chi connectivity index (χ1v) is 8.46. The van der Waals surface area contributed by atoms with Crippen molar-refractivity contribution in [1.29, 1.82) is 0 Å². The van der Waals surface area contributed by atoms with Crippen LogP contribution in [0.15, 0.2) is 40.9 Å². The Bertz CT molecular complexity index is 637. The first-order chi connectivity index (χ1) is 9.65. The van der Waals surface area contributed by atoms with E-state index in [1.54, 1.807) is 0 Å². The van der Waals surface area contributed by atoms with Crippen LogP contribution in [0.4, 0.5) is 0 Å². The Morgan fingerprint density at radius 3 is 2.50 bits per heavy atom. The lowest BCUT2D eigenvalue weighted by molar-refractivity contribution is 0.684. The Balaban J connectivity index is 1.97. The number of benzene rings is 2. The number of aryl methyl sites for hydroxylation is 2. The van der Waals surface area contributed by atoms with Gasteiger partial charge in [-0.15, -0.1) is 11.6 Å². The van der Waals surface area contributed by atoms with Crippen LogP contribution < -0.4 is 0 Å². The van der Waals surface area contributed by atoms with Crippen LogP contribution in [0.1, 0.15) is 40.5 Å². The van der Waals surface area contributed by atoms with Gasteiger partial charge in [0.2, 0.25) is 0 Å². The third kappa shape index (κ3) is 2.90. The average Bonchev–Trinajstić information content (AvgIpc) is 2.48. The lowest BCUT2D eigenvalue weighted by Gasteiger charge is -2.19. The van der Waals surface area contributed by atoms with Gasteiger partial charge in [-0.2, -0.15) is 0 Å². The zero-order valence-corrected chi connectivity index (χ0v) is 14.1. The normalized spacial score (nSPS) is 15.8. The molecule has 0 nitrogen and oxygen atoms in total. The van der Waals surface area contributed by atoms with E-state index >= 15 is 0 Å². The number of hydrogen-bond acceptors (Lipinski definition) is 0. The van der Waals surface area contributed by atoms with Crippen LogP contribution in [0, 0.1) is 0 Å². The van der Waals surface area contributed by atoms with E-state index in [1.807, 2.05) is 18.2 Å². The third-order valence-electron chi connectivity index (χ3n) is 3.90. The lowest BCUT2D eigenvalue weighted by atomic mass is 9.89. The number of alkyl halides is 1. The molecular formula is C17H15BrCl2. The second-order valence-corrected chi connectivity index (χ2v) is 7.02. The van der Waals surface area contributed by atoms with E-state index in [1.165, 1.54) is 36.8 Å². The Morgan fingerprint density at radius 2 is 1.70 bits per heavy atom. The summed E-state index contributed by atoms with van der Waals surface area (Å²) in [5.74, 6) is 0. The molecule has 1 atom stereocenters. The van der Waals surface area contributed by atoms with Crippen molar-refractivity contribution in [3.05, 3.63) is 68.1 Å². The van der Waals surface area contributed by atoms with Crippen LogP contribution in [0.5, 0.6) is 0 Å². The standard InChI is InChI=1S/C17H15BrCl2/c18-14-7-8-16(19)15(10-14)17(20)13-6-5-11-3-1-2-4-12(11)9-13/h5-10,17H,1-4H2. The van der Waals surface area contributed by atoms with Crippen molar-refractivity contribution in [2.45, 2.75) is 31.1 Å².